The average molecular weight is 173 g/mol. The molecule has 1 heterocycles. The fraction of sp³-hybridized carbons (Fsp3) is 1.00. The Morgan fingerprint density at radius 2 is 2.17 bits per heavy atom. The van der Waals surface area contributed by atoms with Crippen molar-refractivity contribution in [2.24, 2.45) is 5.92 Å². The van der Waals surface area contributed by atoms with Crippen LogP contribution in [0.15, 0.2) is 0 Å². The Labute approximate surface area is 74.3 Å². The lowest BCUT2D eigenvalue weighted by Gasteiger charge is -2.26. The van der Waals surface area contributed by atoms with Crippen molar-refractivity contribution in [2.75, 3.05) is 19.7 Å². The summed E-state index contributed by atoms with van der Waals surface area (Å²) in [5, 5.41) is 9.22. The summed E-state index contributed by atoms with van der Waals surface area (Å²) in [6, 6.07) is 0. The van der Waals surface area contributed by atoms with Gasteiger partial charge in [-0.1, -0.05) is 13.8 Å². The minimum Gasteiger partial charge on any atom is -0.392 e. The van der Waals surface area contributed by atoms with Gasteiger partial charge in [-0.2, -0.15) is 0 Å². The van der Waals surface area contributed by atoms with Gasteiger partial charge in [-0.25, -0.2) is 0 Å². The molecule has 0 radical (unpaired) electrons. The quantitative estimate of drug-likeness (QED) is 0.681. The Morgan fingerprint density at radius 3 is 2.67 bits per heavy atom. The fourth-order valence-corrected chi connectivity index (χ4v) is 1.67. The molecule has 3 nitrogen and oxygen atoms in total. The molecule has 1 aliphatic heterocycles. The summed E-state index contributed by atoms with van der Waals surface area (Å²) in [6.45, 7) is 8.58. The number of ether oxygens (including phenoxy) is 1. The topological polar surface area (TPSA) is 32.7 Å². The largest absolute Gasteiger partial charge is 0.392 e. The molecule has 1 fully saturated rings. The summed E-state index contributed by atoms with van der Waals surface area (Å²) in [7, 11) is 0. The zero-order valence-corrected chi connectivity index (χ0v) is 8.16. The summed E-state index contributed by atoms with van der Waals surface area (Å²) in [5.41, 5.74) is 0. The highest BCUT2D eigenvalue weighted by Crippen LogP contribution is 2.17. The van der Waals surface area contributed by atoms with Crippen molar-refractivity contribution in [3.63, 3.8) is 0 Å². The normalized spacial score (nSPS) is 28.2. The van der Waals surface area contributed by atoms with Crippen molar-refractivity contribution in [1.82, 2.24) is 4.90 Å². The molecule has 2 atom stereocenters. The van der Waals surface area contributed by atoms with Gasteiger partial charge < -0.3 is 9.84 Å². The molecule has 1 rings (SSSR count). The lowest BCUT2D eigenvalue weighted by atomic mass is 10.1. The molecule has 0 aromatic carbocycles. The molecule has 0 amide bonds. The van der Waals surface area contributed by atoms with Gasteiger partial charge in [0.25, 0.3) is 0 Å². The predicted molar refractivity (Wildman–Crippen MR) is 47.8 cm³/mol. The van der Waals surface area contributed by atoms with Gasteiger partial charge in [-0.3, -0.25) is 4.90 Å². The van der Waals surface area contributed by atoms with E-state index in [1.807, 2.05) is 6.92 Å². The monoisotopic (exact) mass is 173 g/mol. The maximum absolute atomic E-state index is 9.22. The number of hydrogen-bond acceptors (Lipinski definition) is 3. The molecular formula is C9H19NO2. The number of β-amino-alcohol motifs (C(OH)–C–C–N with tert-alkyl or cyclic N) is 1. The molecule has 1 saturated heterocycles. The molecule has 72 valence electrons. The van der Waals surface area contributed by atoms with Crippen LogP contribution in [0.2, 0.25) is 0 Å². The van der Waals surface area contributed by atoms with Crippen LogP contribution in [0.1, 0.15) is 20.8 Å². The number of nitrogens with zero attached hydrogens (tertiary/aromatic N) is 1. The first-order valence-corrected chi connectivity index (χ1v) is 4.65. The molecule has 0 spiro atoms. The van der Waals surface area contributed by atoms with Gasteiger partial charge in [0.1, 0.15) is 6.23 Å². The standard InChI is InChI=1S/C9H19NO2/c1-7(2)9-10(4-5-12-9)6-8(3)11/h7-9,11H,4-6H2,1-3H3/t8-,9-/m1/s1. The van der Waals surface area contributed by atoms with E-state index in [1.54, 1.807) is 0 Å². The van der Waals surface area contributed by atoms with E-state index < -0.39 is 0 Å². The summed E-state index contributed by atoms with van der Waals surface area (Å²) < 4.78 is 5.54. The lowest BCUT2D eigenvalue weighted by Crippen LogP contribution is -2.38. The zero-order chi connectivity index (χ0) is 9.14. The molecule has 3 heteroatoms. The predicted octanol–water partition coefficient (Wildman–Crippen LogP) is 0.681. The first-order valence-electron chi connectivity index (χ1n) is 4.65. The minimum absolute atomic E-state index is 0.208. The first-order chi connectivity index (χ1) is 5.61. The van der Waals surface area contributed by atoms with Crippen molar-refractivity contribution < 1.29 is 9.84 Å². The van der Waals surface area contributed by atoms with Crippen molar-refractivity contribution in [2.45, 2.75) is 33.1 Å². The minimum atomic E-state index is -0.257. The maximum atomic E-state index is 9.22. The van der Waals surface area contributed by atoms with E-state index in [1.165, 1.54) is 0 Å². The van der Waals surface area contributed by atoms with Gasteiger partial charge in [0.2, 0.25) is 0 Å². The van der Waals surface area contributed by atoms with Gasteiger partial charge >= 0.3 is 0 Å². The molecule has 12 heavy (non-hydrogen) atoms. The van der Waals surface area contributed by atoms with E-state index in [9.17, 15) is 5.11 Å². The van der Waals surface area contributed by atoms with Gasteiger partial charge in [0, 0.05) is 13.1 Å². The number of aliphatic hydroxyl groups is 1. The summed E-state index contributed by atoms with van der Waals surface area (Å²) in [5.74, 6) is 0.506. The van der Waals surface area contributed by atoms with Crippen molar-refractivity contribution >= 4 is 0 Å². The van der Waals surface area contributed by atoms with Crippen LogP contribution in [0.5, 0.6) is 0 Å². The van der Waals surface area contributed by atoms with Gasteiger partial charge in [-0.05, 0) is 12.8 Å². The van der Waals surface area contributed by atoms with Crippen LogP contribution < -0.4 is 0 Å². The van der Waals surface area contributed by atoms with Crippen LogP contribution >= 0.6 is 0 Å². The van der Waals surface area contributed by atoms with E-state index >= 15 is 0 Å². The Bertz CT molecular complexity index is 136. The summed E-state index contributed by atoms with van der Waals surface area (Å²) in [6.07, 6.45) is -0.0486. The zero-order valence-electron chi connectivity index (χ0n) is 8.16. The van der Waals surface area contributed by atoms with E-state index in [0.717, 1.165) is 19.7 Å². The van der Waals surface area contributed by atoms with Crippen molar-refractivity contribution in [3.05, 3.63) is 0 Å². The highest BCUT2D eigenvalue weighted by Gasteiger charge is 2.28. The lowest BCUT2D eigenvalue weighted by molar-refractivity contribution is -0.0167. The van der Waals surface area contributed by atoms with E-state index in [4.69, 9.17) is 4.74 Å². The summed E-state index contributed by atoms with van der Waals surface area (Å²) in [4.78, 5) is 2.20. The van der Waals surface area contributed by atoms with Crippen LogP contribution in [0.4, 0.5) is 0 Å². The van der Waals surface area contributed by atoms with E-state index in [-0.39, 0.29) is 12.3 Å². The Kier molecular flexibility index (Phi) is 3.50. The third-order valence-electron chi connectivity index (χ3n) is 2.10. The van der Waals surface area contributed by atoms with Crippen LogP contribution in [0, 0.1) is 5.92 Å². The molecule has 0 saturated carbocycles. The molecule has 0 unspecified atom stereocenters. The second-order valence-electron chi connectivity index (χ2n) is 3.85. The van der Waals surface area contributed by atoms with Gasteiger partial charge in [0.15, 0.2) is 0 Å². The fourth-order valence-electron chi connectivity index (χ4n) is 1.67. The molecule has 1 N–H and O–H groups in total. The van der Waals surface area contributed by atoms with E-state index in [2.05, 4.69) is 18.7 Å². The average Bonchev–Trinajstić information content (AvgIpc) is 2.33. The van der Waals surface area contributed by atoms with Crippen LogP contribution in [-0.4, -0.2) is 42.0 Å². The van der Waals surface area contributed by atoms with Crippen molar-refractivity contribution in [1.29, 1.82) is 0 Å². The Hall–Kier alpha value is -0.120. The highest BCUT2D eigenvalue weighted by atomic mass is 16.5. The van der Waals surface area contributed by atoms with Crippen molar-refractivity contribution in [3.8, 4) is 0 Å². The van der Waals surface area contributed by atoms with Crippen LogP contribution in [-0.2, 0) is 4.74 Å². The molecule has 1 aliphatic rings. The van der Waals surface area contributed by atoms with Gasteiger partial charge in [0.05, 0.1) is 12.7 Å². The van der Waals surface area contributed by atoms with Gasteiger partial charge in [-0.15, -0.1) is 0 Å². The summed E-state index contributed by atoms with van der Waals surface area (Å²) >= 11 is 0. The molecular weight excluding hydrogens is 154 g/mol. The second kappa shape index (κ2) is 4.21. The number of aliphatic hydroxyl groups excluding tert-OH is 1. The molecule has 0 aliphatic carbocycles. The Morgan fingerprint density at radius 1 is 1.50 bits per heavy atom. The Balaban J connectivity index is 2.41. The SMILES string of the molecule is CC(C)[C@H]1OCCN1C[C@@H](C)O. The van der Waals surface area contributed by atoms with Crippen LogP contribution in [0.25, 0.3) is 0 Å². The maximum Gasteiger partial charge on any atom is 0.113 e. The molecule has 0 aromatic heterocycles. The smallest absolute Gasteiger partial charge is 0.113 e. The number of hydrogen-bond donors (Lipinski definition) is 1. The second-order valence-corrected chi connectivity index (χ2v) is 3.85. The van der Waals surface area contributed by atoms with Crippen LogP contribution in [0.3, 0.4) is 0 Å². The molecule has 0 bridgehead atoms. The third kappa shape index (κ3) is 2.44. The third-order valence-corrected chi connectivity index (χ3v) is 2.10. The molecule has 0 aromatic rings. The van der Waals surface area contributed by atoms with E-state index in [0.29, 0.717) is 5.92 Å². The first kappa shape index (κ1) is 9.96. The number of rotatable bonds is 3. The highest BCUT2D eigenvalue weighted by molar-refractivity contribution is 4.73.